The highest BCUT2D eigenvalue weighted by Gasteiger charge is 2.15. The van der Waals surface area contributed by atoms with Gasteiger partial charge in [-0.2, -0.15) is 0 Å². The molecule has 0 amide bonds. The lowest BCUT2D eigenvalue weighted by Gasteiger charge is -2.28. The number of hydrogen-bond donors (Lipinski definition) is 1. The summed E-state index contributed by atoms with van der Waals surface area (Å²) in [6.07, 6.45) is 1.73. The van der Waals surface area contributed by atoms with E-state index < -0.39 is 0 Å². The molecule has 3 nitrogen and oxygen atoms in total. The first-order valence-electron chi connectivity index (χ1n) is 6.09. The molecule has 2 heterocycles. The number of anilines is 2. The van der Waals surface area contributed by atoms with Crippen LogP contribution in [0.4, 0.5) is 11.5 Å². The van der Waals surface area contributed by atoms with E-state index in [9.17, 15) is 0 Å². The molecule has 0 bridgehead atoms. The highest BCUT2D eigenvalue weighted by Crippen LogP contribution is 2.24. The Bertz CT molecular complexity index is 506. The molecule has 18 heavy (non-hydrogen) atoms. The van der Waals surface area contributed by atoms with Crippen LogP contribution < -0.4 is 10.6 Å². The maximum absolute atomic E-state index is 5.76. The molecule has 0 aliphatic heterocycles. The van der Waals surface area contributed by atoms with E-state index in [0.29, 0.717) is 6.04 Å². The molecule has 0 unspecified atom stereocenters. The van der Waals surface area contributed by atoms with Crippen molar-refractivity contribution in [3.63, 3.8) is 0 Å². The molecule has 2 aromatic heterocycles. The number of hydrogen-bond acceptors (Lipinski definition) is 4. The van der Waals surface area contributed by atoms with Gasteiger partial charge in [-0.1, -0.05) is 6.07 Å². The average molecular weight is 261 g/mol. The minimum atomic E-state index is 0.405. The molecule has 0 spiro atoms. The van der Waals surface area contributed by atoms with Crippen molar-refractivity contribution in [1.29, 1.82) is 0 Å². The Morgan fingerprint density at radius 3 is 2.78 bits per heavy atom. The summed E-state index contributed by atoms with van der Waals surface area (Å²) in [6, 6.07) is 6.63. The van der Waals surface area contributed by atoms with Crippen LogP contribution in [0, 0.1) is 6.92 Å². The Morgan fingerprint density at radius 2 is 2.22 bits per heavy atom. The summed E-state index contributed by atoms with van der Waals surface area (Å²) in [6.45, 7) is 7.33. The van der Waals surface area contributed by atoms with Gasteiger partial charge in [-0.25, -0.2) is 4.98 Å². The minimum Gasteiger partial charge on any atom is -0.397 e. The van der Waals surface area contributed by atoms with Gasteiger partial charge in [0.1, 0.15) is 5.82 Å². The van der Waals surface area contributed by atoms with Crippen LogP contribution in [-0.2, 0) is 6.54 Å². The number of thiophene rings is 1. The number of pyridine rings is 1. The summed E-state index contributed by atoms with van der Waals surface area (Å²) in [5, 5.41) is 2.11. The SMILES string of the molecule is Cc1cc(N)cnc1N(Cc1cccs1)C(C)C. The normalized spacial score (nSPS) is 10.9. The van der Waals surface area contributed by atoms with Crippen molar-refractivity contribution in [1.82, 2.24) is 4.98 Å². The van der Waals surface area contributed by atoms with Crippen LogP contribution in [0.2, 0.25) is 0 Å². The molecule has 4 heteroatoms. The van der Waals surface area contributed by atoms with Crippen molar-refractivity contribution in [3.05, 3.63) is 40.2 Å². The van der Waals surface area contributed by atoms with Gasteiger partial charge < -0.3 is 10.6 Å². The van der Waals surface area contributed by atoms with Crippen molar-refractivity contribution in [3.8, 4) is 0 Å². The van der Waals surface area contributed by atoms with E-state index >= 15 is 0 Å². The molecule has 0 fully saturated rings. The number of nitrogens with two attached hydrogens (primary N) is 1. The first-order chi connectivity index (χ1) is 8.58. The number of aryl methyl sites for hydroxylation is 1. The van der Waals surface area contributed by atoms with Gasteiger partial charge in [-0.05, 0) is 43.8 Å². The zero-order valence-corrected chi connectivity index (χ0v) is 11.9. The molecule has 2 N–H and O–H groups in total. The summed E-state index contributed by atoms with van der Waals surface area (Å²) in [5.41, 5.74) is 7.60. The summed E-state index contributed by atoms with van der Waals surface area (Å²) in [7, 11) is 0. The lowest BCUT2D eigenvalue weighted by atomic mass is 10.2. The maximum atomic E-state index is 5.76. The minimum absolute atomic E-state index is 0.405. The Labute approximate surface area is 112 Å². The number of rotatable bonds is 4. The standard InChI is InChI=1S/C14H19N3S/c1-10(2)17(9-13-5-4-6-18-13)14-11(3)7-12(15)8-16-14/h4-8,10H,9,15H2,1-3H3. The number of nitrogen functional groups attached to an aromatic ring is 1. The summed E-state index contributed by atoms with van der Waals surface area (Å²) >= 11 is 1.78. The van der Waals surface area contributed by atoms with E-state index in [-0.39, 0.29) is 0 Å². The molecule has 0 aliphatic rings. The Hall–Kier alpha value is -1.55. The van der Waals surface area contributed by atoms with E-state index in [1.165, 1.54) is 4.88 Å². The van der Waals surface area contributed by atoms with E-state index in [0.717, 1.165) is 23.6 Å². The predicted molar refractivity (Wildman–Crippen MR) is 79.0 cm³/mol. The van der Waals surface area contributed by atoms with E-state index in [1.54, 1.807) is 17.5 Å². The van der Waals surface area contributed by atoms with Gasteiger partial charge in [0, 0.05) is 10.9 Å². The van der Waals surface area contributed by atoms with Crippen molar-refractivity contribution >= 4 is 22.8 Å². The Balaban J connectivity index is 2.29. The fraction of sp³-hybridized carbons (Fsp3) is 0.357. The predicted octanol–water partition coefficient (Wildman–Crippen LogP) is 3.45. The largest absolute Gasteiger partial charge is 0.397 e. The van der Waals surface area contributed by atoms with Crippen LogP contribution in [0.5, 0.6) is 0 Å². The number of nitrogens with zero attached hydrogens (tertiary/aromatic N) is 2. The monoisotopic (exact) mass is 261 g/mol. The average Bonchev–Trinajstić information content (AvgIpc) is 2.79. The summed E-state index contributed by atoms with van der Waals surface area (Å²) in [4.78, 5) is 8.14. The second-order valence-electron chi connectivity index (χ2n) is 4.71. The molecular weight excluding hydrogens is 242 g/mol. The molecule has 0 aliphatic carbocycles. The van der Waals surface area contributed by atoms with Crippen LogP contribution >= 0.6 is 11.3 Å². The zero-order chi connectivity index (χ0) is 13.1. The van der Waals surface area contributed by atoms with Gasteiger partial charge in [0.25, 0.3) is 0 Å². The van der Waals surface area contributed by atoms with Gasteiger partial charge in [0.05, 0.1) is 18.4 Å². The van der Waals surface area contributed by atoms with E-state index in [1.807, 2.05) is 6.07 Å². The third-order valence-electron chi connectivity index (χ3n) is 2.87. The van der Waals surface area contributed by atoms with E-state index in [2.05, 4.69) is 48.2 Å². The van der Waals surface area contributed by atoms with Crippen molar-refractivity contribution in [2.45, 2.75) is 33.4 Å². The highest BCUT2D eigenvalue weighted by molar-refractivity contribution is 7.09. The van der Waals surface area contributed by atoms with Gasteiger partial charge >= 0.3 is 0 Å². The topological polar surface area (TPSA) is 42.1 Å². The smallest absolute Gasteiger partial charge is 0.132 e. The molecule has 0 atom stereocenters. The molecule has 2 rings (SSSR count). The lowest BCUT2D eigenvalue weighted by molar-refractivity contribution is 0.675. The second-order valence-corrected chi connectivity index (χ2v) is 5.74. The highest BCUT2D eigenvalue weighted by atomic mass is 32.1. The van der Waals surface area contributed by atoms with E-state index in [4.69, 9.17) is 5.73 Å². The third kappa shape index (κ3) is 2.82. The van der Waals surface area contributed by atoms with Crippen LogP contribution in [0.15, 0.2) is 29.8 Å². The van der Waals surface area contributed by atoms with Crippen molar-refractivity contribution in [2.75, 3.05) is 10.6 Å². The Morgan fingerprint density at radius 1 is 1.44 bits per heavy atom. The third-order valence-corrected chi connectivity index (χ3v) is 3.73. The van der Waals surface area contributed by atoms with Gasteiger partial charge in [-0.3, -0.25) is 0 Å². The van der Waals surface area contributed by atoms with Gasteiger partial charge in [0.2, 0.25) is 0 Å². The number of aromatic nitrogens is 1. The zero-order valence-electron chi connectivity index (χ0n) is 11.1. The van der Waals surface area contributed by atoms with Crippen LogP contribution in [0.25, 0.3) is 0 Å². The fourth-order valence-corrected chi connectivity index (χ4v) is 2.67. The van der Waals surface area contributed by atoms with Crippen LogP contribution in [-0.4, -0.2) is 11.0 Å². The molecule has 2 aromatic rings. The molecule has 0 radical (unpaired) electrons. The lowest BCUT2D eigenvalue weighted by Crippen LogP contribution is -2.31. The molecule has 96 valence electrons. The molecular formula is C14H19N3S. The van der Waals surface area contributed by atoms with Crippen molar-refractivity contribution in [2.24, 2.45) is 0 Å². The Kier molecular flexibility index (Phi) is 3.87. The van der Waals surface area contributed by atoms with Crippen molar-refractivity contribution < 1.29 is 0 Å². The van der Waals surface area contributed by atoms with Gasteiger partial charge in [0.15, 0.2) is 0 Å². The maximum Gasteiger partial charge on any atom is 0.132 e. The molecule has 0 saturated carbocycles. The molecule has 0 saturated heterocycles. The first-order valence-corrected chi connectivity index (χ1v) is 6.97. The first kappa shape index (κ1) is 12.9. The van der Waals surface area contributed by atoms with Crippen LogP contribution in [0.3, 0.4) is 0 Å². The summed E-state index contributed by atoms with van der Waals surface area (Å²) < 4.78 is 0. The van der Waals surface area contributed by atoms with Crippen LogP contribution in [0.1, 0.15) is 24.3 Å². The second kappa shape index (κ2) is 5.40. The summed E-state index contributed by atoms with van der Waals surface area (Å²) in [5.74, 6) is 1.02. The molecule has 0 aromatic carbocycles. The quantitative estimate of drug-likeness (QED) is 0.916. The van der Waals surface area contributed by atoms with Gasteiger partial charge in [-0.15, -0.1) is 11.3 Å². The fourth-order valence-electron chi connectivity index (χ4n) is 1.96.